The van der Waals surface area contributed by atoms with E-state index in [1.165, 1.54) is 0 Å². The summed E-state index contributed by atoms with van der Waals surface area (Å²) in [4.78, 5) is 2.96. The zero-order valence-electron chi connectivity index (χ0n) is 6.41. The first kappa shape index (κ1) is 7.18. The van der Waals surface area contributed by atoms with Gasteiger partial charge >= 0.3 is 0 Å². The Kier molecular flexibility index (Phi) is 1.52. The molecule has 0 radical (unpaired) electrons. The third-order valence-electron chi connectivity index (χ3n) is 1.94. The van der Waals surface area contributed by atoms with Gasteiger partial charge < -0.3 is 15.2 Å². The highest BCUT2D eigenvalue weighted by molar-refractivity contribution is 5.88. The molecule has 3 N–H and O–H groups in total. The Labute approximate surface area is 69.3 Å². The van der Waals surface area contributed by atoms with Crippen LogP contribution in [0.2, 0.25) is 0 Å². The summed E-state index contributed by atoms with van der Waals surface area (Å²) in [6.07, 6.45) is 1.70. The van der Waals surface area contributed by atoms with E-state index < -0.39 is 0 Å². The number of nitrogens with one attached hydrogen (secondary N) is 1. The molecule has 0 aliphatic rings. The molecule has 62 valence electrons. The predicted molar refractivity (Wildman–Crippen MR) is 45.9 cm³/mol. The number of hydrogen-bond acceptors (Lipinski definition) is 2. The van der Waals surface area contributed by atoms with Crippen LogP contribution in [-0.2, 0) is 6.61 Å². The number of phenols is 1. The molecule has 0 bridgehead atoms. The molecule has 1 heterocycles. The van der Waals surface area contributed by atoms with Crippen molar-refractivity contribution in [1.82, 2.24) is 4.98 Å². The first-order valence-electron chi connectivity index (χ1n) is 3.71. The number of hydrogen-bond donors (Lipinski definition) is 3. The second-order valence-corrected chi connectivity index (χ2v) is 2.67. The molecular formula is C9H9NO2. The van der Waals surface area contributed by atoms with Gasteiger partial charge in [0.2, 0.25) is 0 Å². The Morgan fingerprint density at radius 1 is 1.33 bits per heavy atom. The summed E-state index contributed by atoms with van der Waals surface area (Å²) in [7, 11) is 0. The average molecular weight is 163 g/mol. The number of fused-ring (bicyclic) bond motifs is 1. The fraction of sp³-hybridized carbons (Fsp3) is 0.111. The number of H-pyrrole nitrogens is 1. The lowest BCUT2D eigenvalue weighted by atomic mass is 10.1. The van der Waals surface area contributed by atoms with Crippen molar-refractivity contribution in [3.05, 3.63) is 30.0 Å². The van der Waals surface area contributed by atoms with Gasteiger partial charge in [-0.05, 0) is 12.1 Å². The van der Waals surface area contributed by atoms with Crippen LogP contribution in [0.25, 0.3) is 10.9 Å². The SMILES string of the molecule is OCc1c[nH]c2cccc(O)c12. The van der Waals surface area contributed by atoms with E-state index in [1.807, 2.05) is 6.07 Å². The first-order valence-corrected chi connectivity index (χ1v) is 3.71. The lowest BCUT2D eigenvalue weighted by Gasteiger charge is -1.96. The molecule has 0 unspecified atom stereocenters. The van der Waals surface area contributed by atoms with Crippen molar-refractivity contribution in [3.63, 3.8) is 0 Å². The van der Waals surface area contributed by atoms with Crippen LogP contribution in [0.15, 0.2) is 24.4 Å². The van der Waals surface area contributed by atoms with Gasteiger partial charge in [-0.3, -0.25) is 0 Å². The van der Waals surface area contributed by atoms with Crippen LogP contribution < -0.4 is 0 Å². The molecule has 0 aliphatic carbocycles. The molecular weight excluding hydrogens is 154 g/mol. The third-order valence-corrected chi connectivity index (χ3v) is 1.94. The molecule has 12 heavy (non-hydrogen) atoms. The Hall–Kier alpha value is -1.48. The van der Waals surface area contributed by atoms with Gasteiger partial charge in [-0.1, -0.05) is 6.07 Å². The van der Waals surface area contributed by atoms with Crippen LogP contribution in [0.5, 0.6) is 5.75 Å². The molecule has 0 saturated heterocycles. The average Bonchev–Trinajstić information content (AvgIpc) is 2.49. The standard InChI is InChI=1S/C9H9NO2/c11-5-6-4-10-7-2-1-3-8(12)9(6)7/h1-4,10-12H,5H2. The van der Waals surface area contributed by atoms with Crippen LogP contribution in [0.1, 0.15) is 5.56 Å². The van der Waals surface area contributed by atoms with Crippen LogP contribution in [0, 0.1) is 0 Å². The quantitative estimate of drug-likeness (QED) is 0.594. The summed E-state index contributed by atoms with van der Waals surface area (Å²) in [6, 6.07) is 5.22. The minimum absolute atomic E-state index is 0.0580. The van der Waals surface area contributed by atoms with Crippen molar-refractivity contribution in [2.75, 3.05) is 0 Å². The van der Waals surface area contributed by atoms with Gasteiger partial charge in [0, 0.05) is 22.7 Å². The summed E-state index contributed by atoms with van der Waals surface area (Å²) >= 11 is 0. The molecule has 3 nitrogen and oxygen atoms in total. The molecule has 0 spiro atoms. The highest BCUT2D eigenvalue weighted by atomic mass is 16.3. The molecule has 0 atom stereocenters. The van der Waals surface area contributed by atoms with Crippen molar-refractivity contribution in [1.29, 1.82) is 0 Å². The minimum Gasteiger partial charge on any atom is -0.507 e. The molecule has 2 rings (SSSR count). The maximum Gasteiger partial charge on any atom is 0.125 e. The second-order valence-electron chi connectivity index (χ2n) is 2.67. The first-order chi connectivity index (χ1) is 5.83. The number of benzene rings is 1. The largest absolute Gasteiger partial charge is 0.507 e. The van der Waals surface area contributed by atoms with E-state index >= 15 is 0 Å². The van der Waals surface area contributed by atoms with E-state index in [0.29, 0.717) is 5.39 Å². The molecule has 0 amide bonds. The van der Waals surface area contributed by atoms with Crippen LogP contribution in [0.4, 0.5) is 0 Å². The Morgan fingerprint density at radius 3 is 2.92 bits per heavy atom. The number of aromatic nitrogens is 1. The molecule has 1 aromatic heterocycles. The summed E-state index contributed by atoms with van der Waals surface area (Å²) in [5.41, 5.74) is 1.57. The van der Waals surface area contributed by atoms with E-state index in [0.717, 1.165) is 11.1 Å². The fourth-order valence-corrected chi connectivity index (χ4v) is 1.36. The van der Waals surface area contributed by atoms with Crippen molar-refractivity contribution >= 4 is 10.9 Å². The van der Waals surface area contributed by atoms with Crippen molar-refractivity contribution in [2.24, 2.45) is 0 Å². The van der Waals surface area contributed by atoms with Gasteiger partial charge in [0.05, 0.1) is 6.61 Å². The van der Waals surface area contributed by atoms with E-state index in [1.54, 1.807) is 18.3 Å². The van der Waals surface area contributed by atoms with Gasteiger partial charge in [0.1, 0.15) is 5.75 Å². The lowest BCUT2D eigenvalue weighted by Crippen LogP contribution is -1.78. The fourth-order valence-electron chi connectivity index (χ4n) is 1.36. The number of aliphatic hydroxyl groups is 1. The highest BCUT2D eigenvalue weighted by Gasteiger charge is 2.05. The zero-order chi connectivity index (χ0) is 8.55. The third kappa shape index (κ3) is 0.871. The Morgan fingerprint density at radius 2 is 2.17 bits per heavy atom. The maximum absolute atomic E-state index is 9.44. The number of aromatic amines is 1. The minimum atomic E-state index is -0.0580. The second kappa shape index (κ2) is 2.53. The summed E-state index contributed by atoms with van der Waals surface area (Å²) < 4.78 is 0. The van der Waals surface area contributed by atoms with Gasteiger partial charge in [-0.25, -0.2) is 0 Å². The Bertz CT molecular complexity index is 406. The molecule has 0 fully saturated rings. The lowest BCUT2D eigenvalue weighted by molar-refractivity contribution is 0.283. The van der Waals surface area contributed by atoms with Gasteiger partial charge in [0.15, 0.2) is 0 Å². The van der Waals surface area contributed by atoms with Crippen molar-refractivity contribution in [2.45, 2.75) is 6.61 Å². The van der Waals surface area contributed by atoms with Gasteiger partial charge in [-0.2, -0.15) is 0 Å². The molecule has 0 aliphatic heterocycles. The maximum atomic E-state index is 9.44. The van der Waals surface area contributed by atoms with Gasteiger partial charge in [-0.15, -0.1) is 0 Å². The van der Waals surface area contributed by atoms with Crippen molar-refractivity contribution < 1.29 is 10.2 Å². The van der Waals surface area contributed by atoms with E-state index in [-0.39, 0.29) is 12.4 Å². The number of rotatable bonds is 1. The summed E-state index contributed by atoms with van der Waals surface area (Å²) in [5.74, 6) is 0.206. The van der Waals surface area contributed by atoms with Crippen molar-refractivity contribution in [3.8, 4) is 5.75 Å². The van der Waals surface area contributed by atoms with Crippen LogP contribution >= 0.6 is 0 Å². The van der Waals surface area contributed by atoms with E-state index in [4.69, 9.17) is 5.11 Å². The Balaban J connectivity index is 2.83. The van der Waals surface area contributed by atoms with E-state index in [2.05, 4.69) is 4.98 Å². The topological polar surface area (TPSA) is 56.2 Å². The van der Waals surface area contributed by atoms with E-state index in [9.17, 15) is 5.11 Å². The smallest absolute Gasteiger partial charge is 0.125 e. The monoisotopic (exact) mass is 163 g/mol. The van der Waals surface area contributed by atoms with Gasteiger partial charge in [0.25, 0.3) is 0 Å². The van der Waals surface area contributed by atoms with Crippen LogP contribution in [-0.4, -0.2) is 15.2 Å². The zero-order valence-corrected chi connectivity index (χ0v) is 6.41. The predicted octanol–water partition coefficient (Wildman–Crippen LogP) is 1.37. The van der Waals surface area contributed by atoms with Crippen LogP contribution in [0.3, 0.4) is 0 Å². The number of aliphatic hydroxyl groups excluding tert-OH is 1. The number of phenolic OH excluding ortho intramolecular Hbond substituents is 1. The molecule has 2 aromatic rings. The summed E-state index contributed by atoms with van der Waals surface area (Å²) in [5, 5.41) is 19.1. The normalized spacial score (nSPS) is 10.8. The molecule has 0 saturated carbocycles. The number of aromatic hydroxyl groups is 1. The summed E-state index contributed by atoms with van der Waals surface area (Å²) in [6.45, 7) is -0.0580. The molecule has 1 aromatic carbocycles. The highest BCUT2D eigenvalue weighted by Crippen LogP contribution is 2.27. The molecule has 3 heteroatoms.